The summed E-state index contributed by atoms with van der Waals surface area (Å²) in [6.07, 6.45) is 1.74. The lowest BCUT2D eigenvalue weighted by atomic mass is 10.1. The van der Waals surface area contributed by atoms with Gasteiger partial charge >= 0.3 is 0 Å². The molecule has 0 unspecified atom stereocenters. The number of halogens is 2. The molecule has 5 heteroatoms. The van der Waals surface area contributed by atoms with E-state index in [1.165, 1.54) is 0 Å². The molecule has 0 spiro atoms. The second kappa shape index (κ2) is 6.71. The van der Waals surface area contributed by atoms with E-state index >= 15 is 0 Å². The molecule has 0 aliphatic heterocycles. The van der Waals surface area contributed by atoms with Gasteiger partial charge in [0.2, 0.25) is 0 Å². The van der Waals surface area contributed by atoms with Gasteiger partial charge in [0.15, 0.2) is 0 Å². The number of fused-ring (bicyclic) bond motifs is 1. The van der Waals surface area contributed by atoms with Crippen LogP contribution in [0.1, 0.15) is 5.56 Å². The van der Waals surface area contributed by atoms with Gasteiger partial charge in [-0.25, -0.2) is 4.98 Å². The number of hydrogen-bond acceptors (Lipinski definition) is 2. The molecular weight excluding hydrogens is 353 g/mol. The van der Waals surface area contributed by atoms with E-state index in [2.05, 4.69) is 15.0 Å². The molecule has 4 rings (SSSR count). The summed E-state index contributed by atoms with van der Waals surface area (Å²) in [5.41, 5.74) is 4.48. The molecule has 0 saturated heterocycles. The number of benzene rings is 3. The lowest BCUT2D eigenvalue weighted by Gasteiger charge is -2.03. The van der Waals surface area contributed by atoms with Crippen molar-refractivity contribution >= 4 is 46.1 Å². The summed E-state index contributed by atoms with van der Waals surface area (Å²) >= 11 is 12.1. The van der Waals surface area contributed by atoms with E-state index in [1.54, 1.807) is 18.3 Å². The third-order valence-corrected chi connectivity index (χ3v) is 4.42. The number of aromatic amines is 1. The minimum Gasteiger partial charge on any atom is -0.338 e. The predicted octanol–water partition coefficient (Wildman–Crippen LogP) is 6.29. The second-order valence-electron chi connectivity index (χ2n) is 5.54. The summed E-state index contributed by atoms with van der Waals surface area (Å²) in [6.45, 7) is 0. The fraction of sp³-hybridized carbons (Fsp3) is 0. The molecule has 0 radical (unpaired) electrons. The number of imidazole rings is 1. The molecule has 0 bridgehead atoms. The van der Waals surface area contributed by atoms with Crippen LogP contribution < -0.4 is 0 Å². The van der Waals surface area contributed by atoms with E-state index < -0.39 is 0 Å². The second-order valence-corrected chi connectivity index (χ2v) is 6.39. The van der Waals surface area contributed by atoms with Gasteiger partial charge in [0, 0.05) is 22.4 Å². The van der Waals surface area contributed by atoms with Crippen molar-refractivity contribution in [3.63, 3.8) is 0 Å². The van der Waals surface area contributed by atoms with E-state index in [-0.39, 0.29) is 0 Å². The molecule has 25 heavy (non-hydrogen) atoms. The Balaban J connectivity index is 1.75. The average Bonchev–Trinajstić information content (AvgIpc) is 3.05. The largest absolute Gasteiger partial charge is 0.338 e. The van der Waals surface area contributed by atoms with Crippen molar-refractivity contribution in [3.8, 4) is 11.4 Å². The van der Waals surface area contributed by atoms with Gasteiger partial charge in [0.25, 0.3) is 0 Å². The van der Waals surface area contributed by atoms with Crippen LogP contribution in [-0.2, 0) is 0 Å². The highest BCUT2D eigenvalue weighted by molar-refractivity contribution is 6.36. The van der Waals surface area contributed by atoms with Gasteiger partial charge in [-0.3, -0.25) is 4.99 Å². The van der Waals surface area contributed by atoms with E-state index in [4.69, 9.17) is 23.2 Å². The van der Waals surface area contributed by atoms with Crippen molar-refractivity contribution in [2.45, 2.75) is 0 Å². The first-order valence-corrected chi connectivity index (χ1v) is 8.49. The SMILES string of the molecule is Clc1ccc(C=Nc2ccccc2-c2nc3ccccc3[nH]2)c(Cl)c1. The van der Waals surface area contributed by atoms with Gasteiger partial charge in [-0.2, -0.15) is 0 Å². The van der Waals surface area contributed by atoms with E-state index in [0.717, 1.165) is 33.7 Å². The monoisotopic (exact) mass is 365 g/mol. The molecule has 1 heterocycles. The minimum absolute atomic E-state index is 0.567. The zero-order valence-corrected chi connectivity index (χ0v) is 14.6. The van der Waals surface area contributed by atoms with Crippen LogP contribution in [-0.4, -0.2) is 16.2 Å². The maximum atomic E-state index is 6.21. The van der Waals surface area contributed by atoms with E-state index in [9.17, 15) is 0 Å². The predicted molar refractivity (Wildman–Crippen MR) is 105 cm³/mol. The Bertz CT molecular complexity index is 1050. The summed E-state index contributed by atoms with van der Waals surface area (Å²) in [5.74, 6) is 0.788. The molecule has 122 valence electrons. The Hall–Kier alpha value is -2.62. The van der Waals surface area contributed by atoms with Crippen molar-refractivity contribution in [3.05, 3.63) is 82.3 Å². The number of aliphatic imine (C=N–C) groups is 1. The molecule has 0 aliphatic carbocycles. The summed E-state index contributed by atoms with van der Waals surface area (Å²) < 4.78 is 0. The number of H-pyrrole nitrogens is 1. The third-order valence-electron chi connectivity index (χ3n) is 3.85. The lowest BCUT2D eigenvalue weighted by Crippen LogP contribution is -1.85. The number of nitrogens with one attached hydrogen (secondary N) is 1. The quantitative estimate of drug-likeness (QED) is 0.426. The topological polar surface area (TPSA) is 41.0 Å². The van der Waals surface area contributed by atoms with Crippen molar-refractivity contribution in [2.24, 2.45) is 4.99 Å². The number of para-hydroxylation sites is 3. The molecular formula is C20H13Cl2N3. The first-order valence-electron chi connectivity index (χ1n) is 7.74. The summed E-state index contributed by atoms with van der Waals surface area (Å²) in [6, 6.07) is 21.1. The normalized spacial score (nSPS) is 11.4. The van der Waals surface area contributed by atoms with Gasteiger partial charge in [-0.05, 0) is 36.4 Å². The fourth-order valence-corrected chi connectivity index (χ4v) is 3.07. The van der Waals surface area contributed by atoms with Gasteiger partial charge < -0.3 is 4.98 Å². The van der Waals surface area contributed by atoms with Crippen LogP contribution in [0.2, 0.25) is 10.0 Å². The van der Waals surface area contributed by atoms with Crippen molar-refractivity contribution in [1.29, 1.82) is 0 Å². The number of hydrogen-bond donors (Lipinski definition) is 1. The molecule has 3 nitrogen and oxygen atoms in total. The highest BCUT2D eigenvalue weighted by Gasteiger charge is 2.09. The van der Waals surface area contributed by atoms with Crippen LogP contribution in [0, 0.1) is 0 Å². The molecule has 0 aliphatic rings. The van der Waals surface area contributed by atoms with Crippen molar-refractivity contribution < 1.29 is 0 Å². The van der Waals surface area contributed by atoms with Crippen LogP contribution in [0.5, 0.6) is 0 Å². The Morgan fingerprint density at radius 2 is 1.72 bits per heavy atom. The fourth-order valence-electron chi connectivity index (χ4n) is 2.61. The van der Waals surface area contributed by atoms with Crippen molar-refractivity contribution in [1.82, 2.24) is 9.97 Å². The molecule has 0 fully saturated rings. The first-order chi connectivity index (χ1) is 12.2. The Labute approximate surface area is 155 Å². The van der Waals surface area contributed by atoms with Gasteiger partial charge in [-0.1, -0.05) is 53.5 Å². The maximum Gasteiger partial charge on any atom is 0.140 e. The maximum absolute atomic E-state index is 6.21. The van der Waals surface area contributed by atoms with Crippen LogP contribution in [0.15, 0.2) is 71.7 Å². The summed E-state index contributed by atoms with van der Waals surface area (Å²) in [7, 11) is 0. The van der Waals surface area contributed by atoms with Crippen molar-refractivity contribution in [2.75, 3.05) is 0 Å². The average molecular weight is 366 g/mol. The van der Waals surface area contributed by atoms with Crippen LogP contribution in [0.4, 0.5) is 5.69 Å². The highest BCUT2D eigenvalue weighted by atomic mass is 35.5. The zero-order valence-electron chi connectivity index (χ0n) is 13.1. The lowest BCUT2D eigenvalue weighted by molar-refractivity contribution is 1.33. The molecule has 1 N–H and O–H groups in total. The standard InChI is InChI=1S/C20H13Cl2N3/c21-14-10-9-13(16(22)11-14)12-23-17-6-2-1-5-15(17)20-24-18-7-3-4-8-19(18)25-20/h1-12H,(H,24,25). The molecule has 1 aromatic heterocycles. The summed E-state index contributed by atoms with van der Waals surface area (Å²) in [4.78, 5) is 12.6. The molecule has 0 amide bonds. The molecule has 0 saturated carbocycles. The smallest absolute Gasteiger partial charge is 0.140 e. The van der Waals surface area contributed by atoms with Gasteiger partial charge in [0.1, 0.15) is 5.82 Å². The summed E-state index contributed by atoms with van der Waals surface area (Å²) in [5, 5.41) is 1.17. The number of nitrogens with zero attached hydrogens (tertiary/aromatic N) is 2. The Morgan fingerprint density at radius 1 is 0.920 bits per heavy atom. The third kappa shape index (κ3) is 3.29. The minimum atomic E-state index is 0.567. The number of rotatable bonds is 3. The Kier molecular flexibility index (Phi) is 4.26. The van der Waals surface area contributed by atoms with Crippen LogP contribution in [0.3, 0.4) is 0 Å². The van der Waals surface area contributed by atoms with E-state index in [0.29, 0.717) is 10.0 Å². The molecule has 3 aromatic carbocycles. The zero-order chi connectivity index (χ0) is 17.2. The van der Waals surface area contributed by atoms with E-state index in [1.807, 2.05) is 54.6 Å². The van der Waals surface area contributed by atoms with Crippen LogP contribution >= 0.6 is 23.2 Å². The van der Waals surface area contributed by atoms with Crippen LogP contribution in [0.25, 0.3) is 22.4 Å². The van der Waals surface area contributed by atoms with Gasteiger partial charge in [0.05, 0.1) is 21.7 Å². The highest BCUT2D eigenvalue weighted by Crippen LogP contribution is 2.30. The molecule has 4 aromatic rings. The first kappa shape index (κ1) is 15.9. The van der Waals surface area contributed by atoms with Gasteiger partial charge in [-0.15, -0.1) is 0 Å². The Morgan fingerprint density at radius 3 is 2.56 bits per heavy atom. The number of aromatic nitrogens is 2. The molecule has 0 atom stereocenters.